The van der Waals surface area contributed by atoms with Crippen LogP contribution < -0.4 is 10.7 Å². The van der Waals surface area contributed by atoms with E-state index in [-0.39, 0.29) is 41.7 Å². The summed E-state index contributed by atoms with van der Waals surface area (Å²) in [5.74, 6) is 0.707. The Labute approximate surface area is 354 Å². The van der Waals surface area contributed by atoms with Crippen LogP contribution in [0, 0.1) is 11.8 Å². The van der Waals surface area contributed by atoms with Crippen LogP contribution in [0.25, 0.3) is 44.4 Å². The van der Waals surface area contributed by atoms with Crippen LogP contribution >= 0.6 is 0 Å². The van der Waals surface area contributed by atoms with Crippen molar-refractivity contribution in [2.75, 3.05) is 34.0 Å². The topological polar surface area (TPSA) is 184 Å². The van der Waals surface area contributed by atoms with Gasteiger partial charge in [0.2, 0.25) is 11.8 Å². The van der Waals surface area contributed by atoms with Crippen molar-refractivity contribution >= 4 is 34.8 Å². The minimum Gasteiger partial charge on any atom is -0.453 e. The number of hydrazine groups is 1. The van der Waals surface area contributed by atoms with Crippen molar-refractivity contribution in [2.45, 2.75) is 82.8 Å². The Bertz CT molecular complexity index is 2370. The molecule has 15 heteroatoms. The van der Waals surface area contributed by atoms with E-state index in [1.54, 1.807) is 0 Å². The molecule has 3 aliphatic rings. The summed E-state index contributed by atoms with van der Waals surface area (Å²) in [6.07, 6.45) is 8.16. The average Bonchev–Trinajstić information content (AvgIpc) is 4.15. The number of carbonyl (C=O) groups excluding carboxylic acids is 4. The molecule has 5 aromatic rings. The standard InChI is InChI=1S/C46H54N8O7/c1-27(2)54(52-46(58)60-4)43(55)36-9-6-5-8-35(36)41-47-25-38(49-41)33-18-17-31-22-30(15-16-32(31)23-33)28-11-13-29(14-12-28)37-24-48-42(50-37)39-10-7-20-53(39)44(56)40(51-45(57)59-3)34-19-21-61-26-34/h11-18,22-25,27,34-36,39-40H,5-10,19-21,26H2,1-4H3,(H,47,49)(H,48,50)(H,51,57)(H,52,58)/t34?,35?,36?,39-,40?/m0/s1. The summed E-state index contributed by atoms with van der Waals surface area (Å²) in [7, 11) is 2.58. The minimum atomic E-state index is -0.722. The van der Waals surface area contributed by atoms with Crippen LogP contribution in [0.15, 0.2) is 73.1 Å². The lowest BCUT2D eigenvalue weighted by Gasteiger charge is -2.35. The number of likely N-dealkylation sites (tertiary alicyclic amines) is 1. The third kappa shape index (κ3) is 8.83. The lowest BCUT2D eigenvalue weighted by Crippen LogP contribution is -2.53. The van der Waals surface area contributed by atoms with Gasteiger partial charge in [0.05, 0.1) is 50.6 Å². The number of hydrogen-bond acceptors (Lipinski definition) is 9. The molecule has 2 aromatic heterocycles. The molecular formula is C46H54N8O7. The maximum absolute atomic E-state index is 13.9. The smallest absolute Gasteiger partial charge is 0.425 e. The van der Waals surface area contributed by atoms with Gasteiger partial charge < -0.3 is 34.4 Å². The summed E-state index contributed by atoms with van der Waals surface area (Å²) in [6, 6.07) is 20.0. The lowest BCUT2D eigenvalue weighted by atomic mass is 9.78. The first-order chi connectivity index (χ1) is 29.6. The van der Waals surface area contributed by atoms with E-state index in [4.69, 9.17) is 24.2 Å². The second-order valence-corrected chi connectivity index (χ2v) is 16.5. The number of alkyl carbamates (subject to hydrolysis) is 1. The summed E-state index contributed by atoms with van der Waals surface area (Å²) in [5.41, 5.74) is 8.50. The zero-order valence-corrected chi connectivity index (χ0v) is 35.1. The van der Waals surface area contributed by atoms with Crippen molar-refractivity contribution in [1.29, 1.82) is 0 Å². The quantitative estimate of drug-likeness (QED) is 0.104. The van der Waals surface area contributed by atoms with Gasteiger partial charge in [-0.25, -0.2) is 30.0 Å². The Morgan fingerprint density at radius 3 is 2.11 bits per heavy atom. The highest BCUT2D eigenvalue weighted by molar-refractivity contribution is 5.91. The molecule has 15 nitrogen and oxygen atoms in total. The first-order valence-corrected chi connectivity index (χ1v) is 21.3. The molecule has 1 saturated carbocycles. The Kier molecular flexibility index (Phi) is 12.4. The number of aromatic amines is 2. The van der Waals surface area contributed by atoms with Gasteiger partial charge in [-0.05, 0) is 85.5 Å². The number of hydrogen-bond donors (Lipinski definition) is 4. The van der Waals surface area contributed by atoms with E-state index < -0.39 is 18.2 Å². The van der Waals surface area contributed by atoms with Crippen molar-refractivity contribution in [1.82, 2.24) is 40.6 Å². The van der Waals surface area contributed by atoms with Gasteiger partial charge in [-0.1, -0.05) is 61.4 Å². The van der Waals surface area contributed by atoms with Crippen molar-refractivity contribution in [3.63, 3.8) is 0 Å². The molecule has 5 atom stereocenters. The lowest BCUT2D eigenvalue weighted by molar-refractivity contribution is -0.142. The Morgan fingerprint density at radius 2 is 1.41 bits per heavy atom. The fourth-order valence-corrected chi connectivity index (χ4v) is 9.15. The highest BCUT2D eigenvalue weighted by atomic mass is 16.5. The maximum atomic E-state index is 13.9. The molecule has 4 unspecified atom stereocenters. The van der Waals surface area contributed by atoms with Gasteiger partial charge in [0.25, 0.3) is 0 Å². The number of carbonyl (C=O) groups is 4. The second-order valence-electron chi connectivity index (χ2n) is 16.5. The van der Waals surface area contributed by atoms with Gasteiger partial charge in [0, 0.05) is 42.5 Å². The number of aromatic nitrogens is 4. The SMILES string of the molecule is COC(=O)NC(C(=O)N1CCC[C@H]1c1ncc(-c2ccc(-c3ccc4cc(-c5cnc(C6CCCCC6C(=O)N(NC(=O)OC)C(C)C)[nH]5)ccc4c3)cc2)[nH]1)C1CCOC1. The third-order valence-corrected chi connectivity index (χ3v) is 12.5. The molecule has 2 aliphatic heterocycles. The van der Waals surface area contributed by atoms with E-state index in [0.29, 0.717) is 26.2 Å². The van der Waals surface area contributed by atoms with Crippen molar-refractivity contribution in [3.05, 3.63) is 84.7 Å². The summed E-state index contributed by atoms with van der Waals surface area (Å²) in [4.78, 5) is 70.1. The number of methoxy groups -OCH3 is 2. The largest absolute Gasteiger partial charge is 0.453 e. The fraction of sp³-hybridized carbons (Fsp3) is 0.435. The van der Waals surface area contributed by atoms with Gasteiger partial charge in [0.1, 0.15) is 17.7 Å². The fourth-order valence-electron chi connectivity index (χ4n) is 9.15. The Hall–Kier alpha value is -6.22. The first-order valence-electron chi connectivity index (χ1n) is 21.3. The Morgan fingerprint density at radius 1 is 0.770 bits per heavy atom. The number of imidazole rings is 2. The second kappa shape index (κ2) is 18.2. The minimum absolute atomic E-state index is 0.0951. The Balaban J connectivity index is 0.941. The molecule has 4 heterocycles. The maximum Gasteiger partial charge on any atom is 0.425 e. The van der Waals surface area contributed by atoms with Crippen LogP contribution in [0.4, 0.5) is 9.59 Å². The number of rotatable bonds is 10. The average molecular weight is 831 g/mol. The van der Waals surface area contributed by atoms with Gasteiger partial charge in [0.15, 0.2) is 0 Å². The van der Waals surface area contributed by atoms with E-state index in [1.165, 1.54) is 19.2 Å². The van der Waals surface area contributed by atoms with E-state index in [2.05, 4.69) is 81.4 Å². The van der Waals surface area contributed by atoms with Gasteiger partial charge in [-0.2, -0.15) is 0 Å². The monoisotopic (exact) mass is 830 g/mol. The molecule has 2 saturated heterocycles. The van der Waals surface area contributed by atoms with Crippen molar-refractivity contribution in [3.8, 4) is 33.6 Å². The molecule has 0 bridgehead atoms. The van der Waals surface area contributed by atoms with Crippen LogP contribution in [0.2, 0.25) is 0 Å². The molecule has 8 rings (SSSR count). The van der Waals surface area contributed by atoms with E-state index in [0.717, 1.165) is 94.6 Å². The highest BCUT2D eigenvalue weighted by Gasteiger charge is 2.41. The van der Waals surface area contributed by atoms with Crippen molar-refractivity contribution in [2.24, 2.45) is 11.8 Å². The number of H-pyrrole nitrogens is 2. The summed E-state index contributed by atoms with van der Waals surface area (Å²) < 4.78 is 15.1. The molecule has 4 N–H and O–H groups in total. The normalized spacial score (nSPS) is 20.7. The number of nitrogens with one attached hydrogen (secondary N) is 4. The number of amides is 4. The van der Waals surface area contributed by atoms with Crippen LogP contribution in [-0.2, 0) is 23.8 Å². The number of ether oxygens (including phenoxy) is 3. The first kappa shape index (κ1) is 41.5. The summed E-state index contributed by atoms with van der Waals surface area (Å²) in [6.45, 7) is 5.29. The molecule has 1 aliphatic carbocycles. The van der Waals surface area contributed by atoms with Crippen LogP contribution in [0.5, 0.6) is 0 Å². The summed E-state index contributed by atoms with van der Waals surface area (Å²) >= 11 is 0. The van der Waals surface area contributed by atoms with Crippen LogP contribution in [0.3, 0.4) is 0 Å². The van der Waals surface area contributed by atoms with Crippen LogP contribution in [-0.4, -0.2) is 99.9 Å². The molecule has 0 spiro atoms. The van der Waals surface area contributed by atoms with E-state index in [9.17, 15) is 19.2 Å². The molecule has 4 amide bonds. The van der Waals surface area contributed by atoms with Crippen molar-refractivity contribution < 1.29 is 33.4 Å². The zero-order chi connectivity index (χ0) is 42.6. The zero-order valence-electron chi connectivity index (χ0n) is 35.1. The third-order valence-electron chi connectivity index (χ3n) is 12.5. The molecule has 3 aromatic carbocycles. The number of nitrogens with zero attached hydrogens (tertiary/aromatic N) is 4. The molecular weight excluding hydrogens is 777 g/mol. The number of benzene rings is 3. The predicted molar refractivity (Wildman–Crippen MR) is 229 cm³/mol. The molecule has 0 radical (unpaired) electrons. The molecule has 61 heavy (non-hydrogen) atoms. The van der Waals surface area contributed by atoms with Crippen LogP contribution in [0.1, 0.15) is 82.4 Å². The number of fused-ring (bicyclic) bond motifs is 1. The predicted octanol–water partition coefficient (Wildman–Crippen LogP) is 7.49. The van der Waals surface area contributed by atoms with Gasteiger partial charge in [-0.15, -0.1) is 0 Å². The van der Waals surface area contributed by atoms with Gasteiger partial charge in [-0.3, -0.25) is 9.59 Å². The summed E-state index contributed by atoms with van der Waals surface area (Å²) in [5, 5.41) is 6.34. The van der Waals surface area contributed by atoms with E-state index >= 15 is 0 Å². The molecule has 320 valence electrons. The van der Waals surface area contributed by atoms with Gasteiger partial charge >= 0.3 is 12.2 Å². The van der Waals surface area contributed by atoms with E-state index in [1.807, 2.05) is 31.1 Å². The highest BCUT2D eigenvalue weighted by Crippen LogP contribution is 2.39. The molecule has 3 fully saturated rings.